The van der Waals surface area contributed by atoms with Crippen LogP contribution in [-0.4, -0.2) is 30.3 Å². The molecule has 108 valence electrons. The number of aliphatic hydroxyl groups excluding tert-OH is 1. The average Bonchev–Trinajstić information content (AvgIpc) is 2.77. The van der Waals surface area contributed by atoms with Gasteiger partial charge in [-0.2, -0.15) is 5.10 Å². The van der Waals surface area contributed by atoms with Crippen LogP contribution in [0.2, 0.25) is 0 Å². The lowest BCUT2D eigenvalue weighted by molar-refractivity contribution is 0.259. The Bertz CT molecular complexity index is 661. The van der Waals surface area contributed by atoms with Gasteiger partial charge >= 0.3 is 0 Å². The molecule has 0 saturated heterocycles. The van der Waals surface area contributed by atoms with Crippen molar-refractivity contribution >= 4 is 10.0 Å². The monoisotopic (exact) mass is 295 g/mol. The molecule has 2 rings (SSSR count). The van der Waals surface area contributed by atoms with E-state index in [1.165, 1.54) is 0 Å². The third kappa shape index (κ3) is 2.90. The minimum atomic E-state index is -3.74. The zero-order chi connectivity index (χ0) is 14.8. The largest absolute Gasteiger partial charge is 0.394 e. The van der Waals surface area contributed by atoms with Crippen LogP contribution < -0.4 is 4.72 Å². The number of aromatic amines is 1. The summed E-state index contributed by atoms with van der Waals surface area (Å²) in [4.78, 5) is 0.131. The standard InChI is InChI=1S/C13H17N3O3S/c1-9-13(10(2)15-14-9)20(18,19)16-12(8-17)11-6-4-3-5-7-11/h3-7,12,16-17H,8H2,1-2H3,(H,14,15)/t12-/m0/s1. The summed E-state index contributed by atoms with van der Waals surface area (Å²) in [5.41, 5.74) is 1.58. The number of rotatable bonds is 5. The Hall–Kier alpha value is -1.70. The van der Waals surface area contributed by atoms with Crippen LogP contribution in [0.4, 0.5) is 0 Å². The van der Waals surface area contributed by atoms with Crippen LogP contribution in [0.3, 0.4) is 0 Å². The Kier molecular flexibility index (Phi) is 4.22. The maximum absolute atomic E-state index is 12.4. The molecule has 0 aliphatic rings. The first kappa shape index (κ1) is 14.7. The first-order valence-corrected chi connectivity index (χ1v) is 7.63. The van der Waals surface area contributed by atoms with Crippen molar-refractivity contribution in [1.29, 1.82) is 0 Å². The predicted molar refractivity (Wildman–Crippen MR) is 74.7 cm³/mol. The van der Waals surface area contributed by atoms with E-state index in [0.29, 0.717) is 17.0 Å². The minimum absolute atomic E-state index is 0.131. The molecule has 1 aromatic heterocycles. The van der Waals surface area contributed by atoms with Gasteiger partial charge in [-0.25, -0.2) is 13.1 Å². The zero-order valence-corrected chi connectivity index (χ0v) is 12.1. The molecule has 0 saturated carbocycles. The summed E-state index contributed by atoms with van der Waals surface area (Å²) in [5, 5.41) is 16.0. The molecule has 0 unspecified atom stereocenters. The van der Waals surface area contributed by atoms with E-state index < -0.39 is 16.1 Å². The molecule has 2 aromatic rings. The van der Waals surface area contributed by atoms with Gasteiger partial charge in [-0.3, -0.25) is 5.10 Å². The minimum Gasteiger partial charge on any atom is -0.394 e. The molecule has 0 spiro atoms. The zero-order valence-electron chi connectivity index (χ0n) is 11.3. The quantitative estimate of drug-likeness (QED) is 0.768. The second-order valence-electron chi connectivity index (χ2n) is 4.53. The van der Waals surface area contributed by atoms with Crippen LogP contribution in [0.1, 0.15) is 23.0 Å². The second-order valence-corrected chi connectivity index (χ2v) is 6.18. The second kappa shape index (κ2) is 5.74. The number of aryl methyl sites for hydroxylation is 2. The summed E-state index contributed by atoms with van der Waals surface area (Å²) in [6, 6.07) is 8.25. The van der Waals surface area contributed by atoms with Gasteiger partial charge in [0.05, 0.1) is 24.0 Å². The highest BCUT2D eigenvalue weighted by atomic mass is 32.2. The number of aliphatic hydroxyl groups is 1. The van der Waals surface area contributed by atoms with Crippen LogP contribution >= 0.6 is 0 Å². The first-order chi connectivity index (χ1) is 9.45. The SMILES string of the molecule is Cc1n[nH]c(C)c1S(=O)(=O)N[C@@H](CO)c1ccccc1. The van der Waals surface area contributed by atoms with Gasteiger partial charge in [-0.05, 0) is 19.4 Å². The maximum atomic E-state index is 12.4. The number of nitrogens with zero attached hydrogens (tertiary/aromatic N) is 1. The number of H-pyrrole nitrogens is 1. The van der Waals surface area contributed by atoms with E-state index in [1.54, 1.807) is 38.1 Å². The van der Waals surface area contributed by atoms with E-state index >= 15 is 0 Å². The number of hydrogen-bond donors (Lipinski definition) is 3. The molecule has 0 amide bonds. The molecule has 0 aliphatic heterocycles. The smallest absolute Gasteiger partial charge is 0.244 e. The number of nitrogens with one attached hydrogen (secondary N) is 2. The topological polar surface area (TPSA) is 95.1 Å². The van der Waals surface area contributed by atoms with Gasteiger partial charge in [-0.15, -0.1) is 0 Å². The molecule has 20 heavy (non-hydrogen) atoms. The van der Waals surface area contributed by atoms with E-state index in [2.05, 4.69) is 14.9 Å². The van der Waals surface area contributed by atoms with Gasteiger partial charge in [-0.1, -0.05) is 30.3 Å². The maximum Gasteiger partial charge on any atom is 0.244 e. The van der Waals surface area contributed by atoms with Gasteiger partial charge in [0.1, 0.15) is 4.90 Å². The summed E-state index contributed by atoms with van der Waals surface area (Å²) in [5.74, 6) is 0. The summed E-state index contributed by atoms with van der Waals surface area (Å²) in [6.07, 6.45) is 0. The van der Waals surface area contributed by atoms with Crippen molar-refractivity contribution in [2.45, 2.75) is 24.8 Å². The molecule has 6 nitrogen and oxygen atoms in total. The molecule has 0 bridgehead atoms. The summed E-state index contributed by atoms with van der Waals surface area (Å²) in [6.45, 7) is 2.94. The molecule has 3 N–H and O–H groups in total. The lowest BCUT2D eigenvalue weighted by Gasteiger charge is -2.17. The Morgan fingerprint density at radius 2 is 1.95 bits per heavy atom. The highest BCUT2D eigenvalue weighted by Gasteiger charge is 2.25. The van der Waals surface area contributed by atoms with Crippen molar-refractivity contribution in [3.63, 3.8) is 0 Å². The fraction of sp³-hybridized carbons (Fsp3) is 0.308. The van der Waals surface area contributed by atoms with Gasteiger partial charge in [0.25, 0.3) is 0 Å². The average molecular weight is 295 g/mol. The third-order valence-corrected chi connectivity index (χ3v) is 4.75. The fourth-order valence-corrected chi connectivity index (χ4v) is 3.67. The summed E-state index contributed by atoms with van der Waals surface area (Å²) < 4.78 is 27.3. The van der Waals surface area contributed by atoms with Crippen LogP contribution in [-0.2, 0) is 10.0 Å². The van der Waals surface area contributed by atoms with Gasteiger partial charge < -0.3 is 5.11 Å². The molecular formula is C13H17N3O3S. The third-order valence-electron chi connectivity index (χ3n) is 3.01. The molecular weight excluding hydrogens is 278 g/mol. The molecule has 1 atom stereocenters. The van der Waals surface area contributed by atoms with Crippen LogP contribution in [0, 0.1) is 13.8 Å². The number of hydrogen-bond acceptors (Lipinski definition) is 4. The van der Waals surface area contributed by atoms with Crippen LogP contribution in [0.25, 0.3) is 0 Å². The Balaban J connectivity index is 2.32. The number of sulfonamides is 1. The highest BCUT2D eigenvalue weighted by Crippen LogP contribution is 2.20. The molecule has 0 radical (unpaired) electrons. The summed E-state index contributed by atoms with van der Waals surface area (Å²) in [7, 11) is -3.74. The number of aromatic nitrogens is 2. The fourth-order valence-electron chi connectivity index (χ4n) is 2.08. The highest BCUT2D eigenvalue weighted by molar-refractivity contribution is 7.89. The molecule has 1 heterocycles. The Morgan fingerprint density at radius 3 is 2.45 bits per heavy atom. The number of benzene rings is 1. The first-order valence-electron chi connectivity index (χ1n) is 6.15. The van der Waals surface area contributed by atoms with Crippen LogP contribution in [0.5, 0.6) is 0 Å². The van der Waals surface area contributed by atoms with Crippen molar-refractivity contribution in [2.24, 2.45) is 0 Å². The van der Waals surface area contributed by atoms with E-state index in [9.17, 15) is 13.5 Å². The van der Waals surface area contributed by atoms with Gasteiger partial charge in [0, 0.05) is 0 Å². The van der Waals surface area contributed by atoms with E-state index in [4.69, 9.17) is 0 Å². The predicted octanol–water partition coefficient (Wildman–Crippen LogP) is 1.04. The van der Waals surface area contributed by atoms with Crippen molar-refractivity contribution in [2.75, 3.05) is 6.61 Å². The molecule has 0 aliphatic carbocycles. The van der Waals surface area contributed by atoms with Crippen molar-refractivity contribution < 1.29 is 13.5 Å². The lowest BCUT2D eigenvalue weighted by atomic mass is 10.1. The normalized spacial score (nSPS) is 13.3. The molecule has 7 heteroatoms. The van der Waals surface area contributed by atoms with Crippen molar-refractivity contribution in [3.05, 3.63) is 47.3 Å². The molecule has 0 fully saturated rings. The van der Waals surface area contributed by atoms with Gasteiger partial charge in [0.2, 0.25) is 10.0 Å². The van der Waals surface area contributed by atoms with Crippen molar-refractivity contribution in [3.8, 4) is 0 Å². The van der Waals surface area contributed by atoms with E-state index in [1.807, 2.05) is 6.07 Å². The lowest BCUT2D eigenvalue weighted by Crippen LogP contribution is -2.31. The van der Waals surface area contributed by atoms with Gasteiger partial charge in [0.15, 0.2) is 0 Å². The van der Waals surface area contributed by atoms with E-state index in [0.717, 1.165) is 0 Å². The van der Waals surface area contributed by atoms with Crippen molar-refractivity contribution in [1.82, 2.24) is 14.9 Å². The Labute approximate surface area is 117 Å². The van der Waals surface area contributed by atoms with Crippen LogP contribution in [0.15, 0.2) is 35.2 Å². The molecule has 1 aromatic carbocycles. The summed E-state index contributed by atoms with van der Waals surface area (Å²) >= 11 is 0. The Morgan fingerprint density at radius 1 is 1.30 bits per heavy atom. The van der Waals surface area contributed by atoms with E-state index in [-0.39, 0.29) is 11.5 Å².